The van der Waals surface area contributed by atoms with Crippen LogP contribution in [-0.4, -0.2) is 31.0 Å². The Kier molecular flexibility index (Phi) is 4.59. The number of carbonyl (C=O) groups is 2. The summed E-state index contributed by atoms with van der Waals surface area (Å²) < 4.78 is 14.6. The number of rotatable bonds is 3. The average molecular weight is 307 g/mol. The van der Waals surface area contributed by atoms with E-state index in [0.29, 0.717) is 5.75 Å². The standard InChI is InChI=1S/C16H21NO5/c1-16(2,3)22-14(18)17-13-9-12(13)10-5-7-11(8-6-10)21-15(19)20-4/h5-8,12-13H,9H2,1-4H3,(H,17,18). The molecule has 0 heterocycles. The van der Waals surface area contributed by atoms with Gasteiger partial charge in [-0.1, -0.05) is 12.1 Å². The highest BCUT2D eigenvalue weighted by Gasteiger charge is 2.40. The zero-order chi connectivity index (χ0) is 16.3. The topological polar surface area (TPSA) is 73.9 Å². The summed E-state index contributed by atoms with van der Waals surface area (Å²) in [5, 5.41) is 2.85. The fraction of sp³-hybridized carbons (Fsp3) is 0.500. The fourth-order valence-electron chi connectivity index (χ4n) is 2.10. The Hall–Kier alpha value is -2.24. The number of carbonyl (C=O) groups excluding carboxylic acids is 2. The summed E-state index contributed by atoms with van der Waals surface area (Å²) in [4.78, 5) is 22.7. The van der Waals surface area contributed by atoms with E-state index < -0.39 is 17.8 Å². The number of alkyl carbamates (subject to hydrolysis) is 1. The highest BCUT2D eigenvalue weighted by molar-refractivity contribution is 5.69. The van der Waals surface area contributed by atoms with Gasteiger partial charge in [0.1, 0.15) is 11.4 Å². The first-order valence-electron chi connectivity index (χ1n) is 7.14. The van der Waals surface area contributed by atoms with Crippen molar-refractivity contribution in [3.63, 3.8) is 0 Å². The van der Waals surface area contributed by atoms with Crippen molar-refractivity contribution >= 4 is 12.2 Å². The number of benzene rings is 1. The van der Waals surface area contributed by atoms with Crippen LogP contribution in [0.25, 0.3) is 0 Å². The summed E-state index contributed by atoms with van der Waals surface area (Å²) in [5.41, 5.74) is 0.583. The van der Waals surface area contributed by atoms with Crippen LogP contribution in [0.15, 0.2) is 24.3 Å². The van der Waals surface area contributed by atoms with Gasteiger partial charge in [0.15, 0.2) is 0 Å². The molecule has 6 heteroatoms. The molecule has 0 aromatic heterocycles. The lowest BCUT2D eigenvalue weighted by molar-refractivity contribution is 0.0522. The number of methoxy groups -OCH3 is 1. The minimum atomic E-state index is -0.747. The lowest BCUT2D eigenvalue weighted by Gasteiger charge is -2.19. The third kappa shape index (κ3) is 4.65. The Morgan fingerprint density at radius 1 is 1.18 bits per heavy atom. The van der Waals surface area contributed by atoms with Crippen LogP contribution < -0.4 is 10.1 Å². The molecule has 0 bridgehead atoms. The van der Waals surface area contributed by atoms with E-state index >= 15 is 0 Å². The third-order valence-electron chi connectivity index (χ3n) is 3.17. The van der Waals surface area contributed by atoms with Gasteiger partial charge in [-0.25, -0.2) is 9.59 Å². The Bertz CT molecular complexity index is 547. The number of nitrogens with one attached hydrogen (secondary N) is 1. The summed E-state index contributed by atoms with van der Waals surface area (Å²) in [6.45, 7) is 5.49. The number of amides is 1. The number of hydrogen-bond acceptors (Lipinski definition) is 5. The summed E-state index contributed by atoms with van der Waals surface area (Å²) in [7, 11) is 1.26. The van der Waals surface area contributed by atoms with Gasteiger partial charge in [0, 0.05) is 12.0 Å². The highest BCUT2D eigenvalue weighted by atomic mass is 16.7. The van der Waals surface area contributed by atoms with Crippen LogP contribution in [0.1, 0.15) is 38.7 Å². The van der Waals surface area contributed by atoms with E-state index in [1.54, 1.807) is 12.1 Å². The maximum Gasteiger partial charge on any atom is 0.513 e. The lowest BCUT2D eigenvalue weighted by Crippen LogP contribution is -2.34. The maximum absolute atomic E-state index is 11.7. The van der Waals surface area contributed by atoms with E-state index in [1.165, 1.54) is 7.11 Å². The maximum atomic E-state index is 11.7. The second kappa shape index (κ2) is 6.25. The van der Waals surface area contributed by atoms with Crippen molar-refractivity contribution in [2.75, 3.05) is 7.11 Å². The van der Waals surface area contributed by atoms with Crippen molar-refractivity contribution in [3.8, 4) is 5.75 Å². The second-order valence-electron chi connectivity index (χ2n) is 6.22. The summed E-state index contributed by atoms with van der Waals surface area (Å²) in [6, 6.07) is 7.24. The molecule has 120 valence electrons. The quantitative estimate of drug-likeness (QED) is 0.685. The smallest absolute Gasteiger partial charge is 0.444 e. The first kappa shape index (κ1) is 16.1. The van der Waals surface area contributed by atoms with Gasteiger partial charge < -0.3 is 19.5 Å². The Balaban J connectivity index is 1.85. The molecule has 2 rings (SSSR count). The molecular weight excluding hydrogens is 286 g/mol. The third-order valence-corrected chi connectivity index (χ3v) is 3.17. The van der Waals surface area contributed by atoms with E-state index in [2.05, 4.69) is 10.1 Å². The van der Waals surface area contributed by atoms with Gasteiger partial charge in [0.05, 0.1) is 7.11 Å². The van der Waals surface area contributed by atoms with Crippen LogP contribution in [0.4, 0.5) is 9.59 Å². The minimum Gasteiger partial charge on any atom is -0.444 e. The van der Waals surface area contributed by atoms with Crippen LogP contribution in [-0.2, 0) is 9.47 Å². The van der Waals surface area contributed by atoms with Gasteiger partial charge in [-0.3, -0.25) is 0 Å². The van der Waals surface area contributed by atoms with Crippen molar-refractivity contribution < 1.29 is 23.8 Å². The first-order valence-corrected chi connectivity index (χ1v) is 7.14. The molecule has 2 atom stereocenters. The molecule has 2 unspecified atom stereocenters. The first-order chi connectivity index (χ1) is 10.3. The molecular formula is C16H21NO5. The van der Waals surface area contributed by atoms with E-state index in [0.717, 1.165) is 12.0 Å². The zero-order valence-corrected chi connectivity index (χ0v) is 13.2. The normalized spacial score (nSPS) is 20.0. The SMILES string of the molecule is COC(=O)Oc1ccc(C2CC2NC(=O)OC(C)(C)C)cc1. The van der Waals surface area contributed by atoms with E-state index in [4.69, 9.17) is 9.47 Å². The monoisotopic (exact) mass is 307 g/mol. The van der Waals surface area contributed by atoms with Crippen molar-refractivity contribution in [3.05, 3.63) is 29.8 Å². The average Bonchev–Trinajstić information content (AvgIpc) is 3.16. The highest BCUT2D eigenvalue weighted by Crippen LogP contribution is 2.41. The van der Waals surface area contributed by atoms with Gasteiger partial charge in [-0.2, -0.15) is 0 Å². The molecule has 1 saturated carbocycles. The molecule has 0 spiro atoms. The molecule has 1 aromatic carbocycles. The summed E-state index contributed by atoms with van der Waals surface area (Å²) >= 11 is 0. The van der Waals surface area contributed by atoms with Crippen molar-refractivity contribution in [2.45, 2.75) is 44.8 Å². The molecule has 0 radical (unpaired) electrons. The molecule has 0 aliphatic heterocycles. The molecule has 1 amide bonds. The van der Waals surface area contributed by atoms with E-state index in [1.807, 2.05) is 32.9 Å². The molecule has 22 heavy (non-hydrogen) atoms. The van der Waals surface area contributed by atoms with E-state index in [-0.39, 0.29) is 12.0 Å². The fourth-order valence-corrected chi connectivity index (χ4v) is 2.10. The largest absolute Gasteiger partial charge is 0.513 e. The van der Waals surface area contributed by atoms with Gasteiger partial charge in [0.2, 0.25) is 0 Å². The molecule has 1 aromatic rings. The lowest BCUT2D eigenvalue weighted by atomic mass is 10.1. The van der Waals surface area contributed by atoms with Gasteiger partial charge >= 0.3 is 12.2 Å². The predicted octanol–water partition coefficient (Wildman–Crippen LogP) is 3.21. The predicted molar refractivity (Wildman–Crippen MR) is 80.0 cm³/mol. The molecule has 0 saturated heterocycles. The van der Waals surface area contributed by atoms with Crippen LogP contribution in [0.5, 0.6) is 5.75 Å². The van der Waals surface area contributed by atoms with Gasteiger partial charge in [-0.15, -0.1) is 0 Å². The second-order valence-corrected chi connectivity index (χ2v) is 6.22. The molecule has 1 fully saturated rings. The van der Waals surface area contributed by atoms with Crippen molar-refractivity contribution in [1.29, 1.82) is 0 Å². The van der Waals surface area contributed by atoms with E-state index in [9.17, 15) is 9.59 Å². The van der Waals surface area contributed by atoms with Crippen LogP contribution in [0, 0.1) is 0 Å². The van der Waals surface area contributed by atoms with Crippen LogP contribution >= 0.6 is 0 Å². The minimum absolute atomic E-state index is 0.0854. The van der Waals surface area contributed by atoms with Crippen molar-refractivity contribution in [1.82, 2.24) is 5.32 Å². The van der Waals surface area contributed by atoms with Gasteiger partial charge in [-0.05, 0) is 44.9 Å². The number of hydrogen-bond donors (Lipinski definition) is 1. The molecule has 1 aliphatic carbocycles. The van der Waals surface area contributed by atoms with Gasteiger partial charge in [0.25, 0.3) is 0 Å². The summed E-state index contributed by atoms with van der Waals surface area (Å²) in [6.07, 6.45) is -0.273. The molecule has 1 aliphatic rings. The molecule has 6 nitrogen and oxygen atoms in total. The summed E-state index contributed by atoms with van der Waals surface area (Å²) in [5.74, 6) is 0.688. The number of ether oxygens (including phenoxy) is 3. The Morgan fingerprint density at radius 3 is 2.36 bits per heavy atom. The Labute approximate surface area is 129 Å². The van der Waals surface area contributed by atoms with Crippen molar-refractivity contribution in [2.24, 2.45) is 0 Å². The molecule has 1 N–H and O–H groups in total. The zero-order valence-electron chi connectivity index (χ0n) is 13.2. The van der Waals surface area contributed by atoms with Crippen LogP contribution in [0.2, 0.25) is 0 Å². The van der Waals surface area contributed by atoms with Crippen LogP contribution in [0.3, 0.4) is 0 Å². The Morgan fingerprint density at radius 2 is 1.82 bits per heavy atom.